The molecule has 1 saturated heterocycles. The first kappa shape index (κ1) is 10.9. The van der Waals surface area contributed by atoms with E-state index >= 15 is 0 Å². The van der Waals surface area contributed by atoms with Crippen LogP contribution < -0.4 is 14.8 Å². The van der Waals surface area contributed by atoms with Crippen LogP contribution >= 0.6 is 0 Å². The second-order valence-electron chi connectivity index (χ2n) is 4.95. The Kier molecular flexibility index (Phi) is 2.71. The molecule has 3 nitrogen and oxygen atoms in total. The fourth-order valence-corrected chi connectivity index (χ4v) is 2.72. The lowest BCUT2D eigenvalue weighted by molar-refractivity contribution is 0.168. The van der Waals surface area contributed by atoms with Crippen LogP contribution in [0.1, 0.15) is 29.0 Å². The molecule has 17 heavy (non-hydrogen) atoms. The molecule has 3 heteroatoms. The normalized spacial score (nSPS) is 22.8. The number of benzene rings is 1. The summed E-state index contributed by atoms with van der Waals surface area (Å²) in [4.78, 5) is 0. The van der Waals surface area contributed by atoms with Crippen molar-refractivity contribution in [3.8, 4) is 11.5 Å². The number of hydrogen-bond donors (Lipinski definition) is 1. The zero-order valence-electron chi connectivity index (χ0n) is 10.5. The summed E-state index contributed by atoms with van der Waals surface area (Å²) in [5.41, 5.74) is 3.85. The minimum atomic E-state index is 0.574. The maximum absolute atomic E-state index is 5.85. The largest absolute Gasteiger partial charge is 0.486 e. The topological polar surface area (TPSA) is 30.5 Å². The van der Waals surface area contributed by atoms with Gasteiger partial charge in [-0.1, -0.05) is 6.07 Å². The van der Waals surface area contributed by atoms with E-state index in [1.807, 2.05) is 0 Å². The molecule has 0 bridgehead atoms. The van der Waals surface area contributed by atoms with Crippen molar-refractivity contribution in [2.45, 2.75) is 26.2 Å². The molecule has 0 aromatic heterocycles. The zero-order chi connectivity index (χ0) is 11.8. The minimum absolute atomic E-state index is 0.574. The van der Waals surface area contributed by atoms with Crippen molar-refractivity contribution in [1.82, 2.24) is 5.32 Å². The highest BCUT2D eigenvalue weighted by Gasteiger charge is 2.26. The summed E-state index contributed by atoms with van der Waals surface area (Å²) < 4.78 is 11.6. The number of hydrogen-bond acceptors (Lipinski definition) is 3. The molecule has 1 fully saturated rings. The number of ether oxygens (including phenoxy) is 2. The third-order valence-electron chi connectivity index (χ3n) is 3.85. The van der Waals surface area contributed by atoms with Gasteiger partial charge in [0, 0.05) is 18.0 Å². The summed E-state index contributed by atoms with van der Waals surface area (Å²) in [7, 11) is 0. The summed E-state index contributed by atoms with van der Waals surface area (Å²) in [5, 5.41) is 3.42. The Bertz CT molecular complexity index is 436. The van der Waals surface area contributed by atoms with Crippen LogP contribution in [0.5, 0.6) is 11.5 Å². The molecule has 1 atom stereocenters. The van der Waals surface area contributed by atoms with Gasteiger partial charge in [-0.25, -0.2) is 0 Å². The molecule has 92 valence electrons. The van der Waals surface area contributed by atoms with E-state index in [4.69, 9.17) is 9.47 Å². The first-order chi connectivity index (χ1) is 8.27. The molecule has 0 saturated carbocycles. The van der Waals surface area contributed by atoms with Gasteiger partial charge in [0.15, 0.2) is 11.5 Å². The second-order valence-corrected chi connectivity index (χ2v) is 4.95. The summed E-state index contributed by atoms with van der Waals surface area (Å²) in [5.74, 6) is 2.54. The van der Waals surface area contributed by atoms with E-state index in [0.29, 0.717) is 19.1 Å². The fourth-order valence-electron chi connectivity index (χ4n) is 2.72. The molecular formula is C14H19NO2. The molecule has 0 amide bonds. The summed E-state index contributed by atoms with van der Waals surface area (Å²) in [6.45, 7) is 7.76. The highest BCUT2D eigenvalue weighted by Crippen LogP contribution is 2.43. The lowest BCUT2D eigenvalue weighted by Crippen LogP contribution is -2.19. The Balaban J connectivity index is 2.10. The molecule has 3 rings (SSSR count). The standard InChI is InChI=1S/C14H19NO2/c1-9-7-12(11-3-4-15-8-11)14-13(10(9)2)16-5-6-17-14/h7,11,15H,3-6,8H2,1-2H3. The van der Waals surface area contributed by atoms with Crippen LogP contribution in [0.15, 0.2) is 6.07 Å². The summed E-state index contributed by atoms with van der Waals surface area (Å²) in [6.07, 6.45) is 1.19. The van der Waals surface area contributed by atoms with E-state index in [1.54, 1.807) is 0 Å². The Morgan fingerprint density at radius 2 is 1.94 bits per heavy atom. The van der Waals surface area contributed by atoms with Crippen molar-refractivity contribution in [2.75, 3.05) is 26.3 Å². The SMILES string of the molecule is Cc1cc(C2CCNC2)c2c(c1C)OCCO2. The van der Waals surface area contributed by atoms with Crippen molar-refractivity contribution in [1.29, 1.82) is 0 Å². The molecule has 0 radical (unpaired) electrons. The van der Waals surface area contributed by atoms with Crippen molar-refractivity contribution in [3.05, 3.63) is 22.8 Å². The Morgan fingerprint density at radius 3 is 2.65 bits per heavy atom. The maximum Gasteiger partial charge on any atom is 0.165 e. The van der Waals surface area contributed by atoms with E-state index in [9.17, 15) is 0 Å². The molecule has 2 heterocycles. The molecule has 2 aliphatic rings. The molecule has 0 spiro atoms. The second kappa shape index (κ2) is 4.22. The van der Waals surface area contributed by atoms with Gasteiger partial charge in [-0.3, -0.25) is 0 Å². The van der Waals surface area contributed by atoms with Gasteiger partial charge in [-0.05, 0) is 37.9 Å². The van der Waals surface area contributed by atoms with Crippen molar-refractivity contribution in [2.24, 2.45) is 0 Å². The van der Waals surface area contributed by atoms with Crippen molar-refractivity contribution < 1.29 is 9.47 Å². The van der Waals surface area contributed by atoms with Crippen LogP contribution in [-0.2, 0) is 0 Å². The molecule has 1 aromatic rings. The first-order valence-corrected chi connectivity index (χ1v) is 6.38. The van der Waals surface area contributed by atoms with E-state index < -0.39 is 0 Å². The minimum Gasteiger partial charge on any atom is -0.486 e. The van der Waals surface area contributed by atoms with Gasteiger partial charge in [0.2, 0.25) is 0 Å². The smallest absolute Gasteiger partial charge is 0.165 e. The van der Waals surface area contributed by atoms with Gasteiger partial charge in [-0.2, -0.15) is 0 Å². The van der Waals surface area contributed by atoms with Gasteiger partial charge in [0.1, 0.15) is 13.2 Å². The fraction of sp³-hybridized carbons (Fsp3) is 0.571. The molecule has 0 aliphatic carbocycles. The Labute approximate surface area is 102 Å². The van der Waals surface area contributed by atoms with Crippen LogP contribution in [0.2, 0.25) is 0 Å². The number of rotatable bonds is 1. The van der Waals surface area contributed by atoms with E-state index in [0.717, 1.165) is 24.6 Å². The lowest BCUT2D eigenvalue weighted by atomic mass is 9.93. The molecule has 2 aliphatic heterocycles. The Hall–Kier alpha value is -1.22. The van der Waals surface area contributed by atoms with Gasteiger partial charge >= 0.3 is 0 Å². The molecule has 1 N–H and O–H groups in total. The monoisotopic (exact) mass is 233 g/mol. The highest BCUT2D eigenvalue weighted by atomic mass is 16.6. The molecular weight excluding hydrogens is 214 g/mol. The van der Waals surface area contributed by atoms with Crippen LogP contribution in [0.3, 0.4) is 0 Å². The summed E-state index contributed by atoms with van der Waals surface area (Å²) >= 11 is 0. The van der Waals surface area contributed by atoms with Gasteiger partial charge in [0.25, 0.3) is 0 Å². The van der Waals surface area contributed by atoms with Crippen LogP contribution in [0.25, 0.3) is 0 Å². The quantitative estimate of drug-likeness (QED) is 0.806. The van der Waals surface area contributed by atoms with Gasteiger partial charge in [0.05, 0.1) is 0 Å². The van der Waals surface area contributed by atoms with Gasteiger partial charge < -0.3 is 14.8 Å². The third-order valence-corrected chi connectivity index (χ3v) is 3.85. The lowest BCUT2D eigenvalue weighted by Gasteiger charge is -2.26. The molecule has 1 unspecified atom stereocenters. The number of aryl methyl sites for hydroxylation is 1. The Morgan fingerprint density at radius 1 is 1.18 bits per heavy atom. The first-order valence-electron chi connectivity index (χ1n) is 6.38. The molecule has 1 aromatic carbocycles. The van der Waals surface area contributed by atoms with E-state index in [1.165, 1.54) is 23.1 Å². The van der Waals surface area contributed by atoms with Crippen LogP contribution in [0.4, 0.5) is 0 Å². The summed E-state index contributed by atoms with van der Waals surface area (Å²) in [6, 6.07) is 2.28. The average molecular weight is 233 g/mol. The number of fused-ring (bicyclic) bond motifs is 1. The van der Waals surface area contributed by atoms with Crippen LogP contribution in [-0.4, -0.2) is 26.3 Å². The predicted octanol–water partition coefficient (Wildman–Crippen LogP) is 2.15. The van der Waals surface area contributed by atoms with Gasteiger partial charge in [-0.15, -0.1) is 0 Å². The maximum atomic E-state index is 5.85. The van der Waals surface area contributed by atoms with Crippen LogP contribution in [0, 0.1) is 13.8 Å². The van der Waals surface area contributed by atoms with Crippen molar-refractivity contribution >= 4 is 0 Å². The predicted molar refractivity (Wildman–Crippen MR) is 67.1 cm³/mol. The third kappa shape index (κ3) is 1.78. The average Bonchev–Trinajstić information content (AvgIpc) is 2.87. The highest BCUT2D eigenvalue weighted by molar-refractivity contribution is 5.56. The number of nitrogens with one attached hydrogen (secondary N) is 1. The zero-order valence-corrected chi connectivity index (χ0v) is 10.5. The van der Waals surface area contributed by atoms with Crippen molar-refractivity contribution in [3.63, 3.8) is 0 Å². The van der Waals surface area contributed by atoms with E-state index in [-0.39, 0.29) is 0 Å². The van der Waals surface area contributed by atoms with E-state index in [2.05, 4.69) is 25.2 Å².